The van der Waals surface area contributed by atoms with Crippen LogP contribution in [0.1, 0.15) is 0 Å². The molecule has 1 rings (SSSR count). The molecular weight excluding hydrogens is 104 g/mol. The van der Waals surface area contributed by atoms with Gasteiger partial charge in [0.25, 0.3) is 0 Å². The standard InChI is InChI=1S/C5H7N2O/c1-6-3-2-4-7(8)5-6/h2-5H,1H3/q+1. The van der Waals surface area contributed by atoms with Crippen LogP contribution in [-0.2, 0) is 7.05 Å². The molecule has 0 aliphatic heterocycles. The molecule has 0 unspecified atom stereocenters. The van der Waals surface area contributed by atoms with E-state index >= 15 is 0 Å². The van der Waals surface area contributed by atoms with Crippen LogP contribution in [0.2, 0.25) is 0 Å². The van der Waals surface area contributed by atoms with E-state index < -0.39 is 0 Å². The maximum atomic E-state index is 10.4. The predicted octanol–water partition coefficient (Wildman–Crippen LogP) is -0.856. The van der Waals surface area contributed by atoms with Crippen molar-refractivity contribution < 1.29 is 9.30 Å². The van der Waals surface area contributed by atoms with Crippen LogP contribution < -0.4 is 9.30 Å². The molecule has 0 N–H and O–H groups in total. The Kier molecular flexibility index (Phi) is 1.12. The fourth-order valence-corrected chi connectivity index (χ4v) is 0.516. The molecule has 0 bridgehead atoms. The molecule has 42 valence electrons. The second kappa shape index (κ2) is 1.78. The lowest BCUT2D eigenvalue weighted by Crippen LogP contribution is -2.40. The van der Waals surface area contributed by atoms with Crippen LogP contribution in [-0.4, -0.2) is 0 Å². The molecule has 0 saturated carbocycles. The van der Waals surface area contributed by atoms with E-state index in [-0.39, 0.29) is 0 Å². The summed E-state index contributed by atoms with van der Waals surface area (Å²) in [5, 5.41) is 10.4. The smallest absolute Gasteiger partial charge is 0.417 e. The van der Waals surface area contributed by atoms with Gasteiger partial charge in [-0.25, -0.2) is 0 Å². The van der Waals surface area contributed by atoms with E-state index in [4.69, 9.17) is 0 Å². The normalized spacial score (nSPS) is 9.12. The first-order valence-corrected chi connectivity index (χ1v) is 2.33. The number of nitrogens with zero attached hydrogens (tertiary/aromatic N) is 2. The highest BCUT2D eigenvalue weighted by Gasteiger charge is 1.91. The average Bonchev–Trinajstić information content (AvgIpc) is 1.64. The van der Waals surface area contributed by atoms with Crippen LogP contribution in [0, 0.1) is 5.21 Å². The quantitative estimate of drug-likeness (QED) is 0.317. The molecule has 0 amide bonds. The molecule has 1 aromatic rings. The molecule has 0 radical (unpaired) electrons. The number of hydrogen-bond acceptors (Lipinski definition) is 1. The van der Waals surface area contributed by atoms with Crippen LogP contribution >= 0.6 is 0 Å². The fraction of sp³-hybridized carbons (Fsp3) is 0.200. The van der Waals surface area contributed by atoms with Gasteiger partial charge in [-0.1, -0.05) is 0 Å². The summed E-state index contributed by atoms with van der Waals surface area (Å²) in [6.07, 6.45) is 4.69. The molecule has 0 saturated heterocycles. The average molecular weight is 111 g/mol. The summed E-state index contributed by atoms with van der Waals surface area (Å²) in [5.41, 5.74) is 0. The lowest BCUT2D eigenvalue weighted by Gasteiger charge is -1.87. The highest BCUT2D eigenvalue weighted by molar-refractivity contribution is 4.63. The van der Waals surface area contributed by atoms with Crippen molar-refractivity contribution in [3.63, 3.8) is 0 Å². The summed E-state index contributed by atoms with van der Waals surface area (Å²) >= 11 is 0. The number of hydrogen-bond donors (Lipinski definition) is 0. The molecule has 1 aromatic heterocycles. The van der Waals surface area contributed by atoms with Crippen LogP contribution in [0.4, 0.5) is 0 Å². The molecule has 0 aliphatic rings. The lowest BCUT2D eigenvalue weighted by molar-refractivity contribution is -0.778. The summed E-state index contributed by atoms with van der Waals surface area (Å²) in [7, 11) is 1.80. The van der Waals surface area contributed by atoms with Crippen molar-refractivity contribution in [2.24, 2.45) is 7.05 Å². The minimum atomic E-state index is 0.750. The van der Waals surface area contributed by atoms with E-state index in [0.717, 1.165) is 4.73 Å². The Morgan fingerprint density at radius 3 is 2.50 bits per heavy atom. The van der Waals surface area contributed by atoms with Crippen molar-refractivity contribution in [3.05, 3.63) is 30.0 Å². The van der Waals surface area contributed by atoms with Gasteiger partial charge < -0.3 is 5.21 Å². The first-order chi connectivity index (χ1) is 3.79. The van der Waals surface area contributed by atoms with E-state index in [1.807, 2.05) is 0 Å². The summed E-state index contributed by atoms with van der Waals surface area (Å²) in [5.74, 6) is 0. The number of aryl methyl sites for hydroxylation is 1. The lowest BCUT2D eigenvalue weighted by atomic mass is 10.7. The molecule has 3 nitrogen and oxygen atoms in total. The largest absolute Gasteiger partial charge is 0.614 e. The first-order valence-electron chi connectivity index (χ1n) is 2.33. The van der Waals surface area contributed by atoms with Gasteiger partial charge in [0, 0.05) is 0 Å². The van der Waals surface area contributed by atoms with E-state index in [9.17, 15) is 5.21 Å². The Bertz CT molecular complexity index is 170. The molecule has 0 fully saturated rings. The van der Waals surface area contributed by atoms with E-state index in [1.54, 1.807) is 23.9 Å². The van der Waals surface area contributed by atoms with Crippen LogP contribution in [0.5, 0.6) is 0 Å². The summed E-state index contributed by atoms with van der Waals surface area (Å²) in [4.78, 5) is 0. The Balaban J connectivity index is 3.08. The zero-order valence-corrected chi connectivity index (χ0v) is 4.61. The highest BCUT2D eigenvalue weighted by atomic mass is 16.5. The van der Waals surface area contributed by atoms with Gasteiger partial charge >= 0.3 is 6.33 Å². The second-order valence-electron chi connectivity index (χ2n) is 1.63. The minimum absolute atomic E-state index is 0.750. The van der Waals surface area contributed by atoms with Crippen LogP contribution in [0.15, 0.2) is 24.8 Å². The molecule has 8 heavy (non-hydrogen) atoms. The number of rotatable bonds is 0. The summed E-state index contributed by atoms with van der Waals surface area (Å²) < 4.78 is 2.44. The van der Waals surface area contributed by atoms with E-state index in [2.05, 4.69) is 0 Å². The van der Waals surface area contributed by atoms with Crippen LogP contribution in [0.3, 0.4) is 0 Å². The van der Waals surface area contributed by atoms with Gasteiger partial charge in [0.05, 0.1) is 6.07 Å². The van der Waals surface area contributed by atoms with Crippen molar-refractivity contribution in [1.29, 1.82) is 0 Å². The van der Waals surface area contributed by atoms with Crippen LogP contribution in [0.25, 0.3) is 0 Å². The number of aromatic nitrogens is 2. The van der Waals surface area contributed by atoms with Gasteiger partial charge in [0.15, 0.2) is 12.4 Å². The fourth-order valence-electron chi connectivity index (χ4n) is 0.516. The SMILES string of the molecule is C[n+]1ccc[n+]([O-])c1. The third-order valence-electron chi connectivity index (χ3n) is 0.850. The van der Waals surface area contributed by atoms with Gasteiger partial charge in [0.1, 0.15) is 7.05 Å². The van der Waals surface area contributed by atoms with E-state index in [0.29, 0.717) is 0 Å². The Morgan fingerprint density at radius 2 is 2.12 bits per heavy atom. The molecule has 0 aliphatic carbocycles. The molecule has 0 aromatic carbocycles. The minimum Gasteiger partial charge on any atom is -0.614 e. The third-order valence-corrected chi connectivity index (χ3v) is 0.850. The maximum absolute atomic E-state index is 10.4. The molecule has 0 spiro atoms. The van der Waals surface area contributed by atoms with Gasteiger partial charge in [0.2, 0.25) is 0 Å². The van der Waals surface area contributed by atoms with Crippen molar-refractivity contribution >= 4 is 0 Å². The zero-order chi connectivity index (χ0) is 5.98. The highest BCUT2D eigenvalue weighted by Crippen LogP contribution is 1.62. The van der Waals surface area contributed by atoms with Gasteiger partial charge in [-0.2, -0.15) is 4.57 Å². The maximum Gasteiger partial charge on any atom is 0.417 e. The van der Waals surface area contributed by atoms with Crippen molar-refractivity contribution in [2.75, 3.05) is 0 Å². The van der Waals surface area contributed by atoms with Gasteiger partial charge in [-0.3, -0.25) is 0 Å². The zero-order valence-electron chi connectivity index (χ0n) is 4.61. The summed E-state index contributed by atoms with van der Waals surface area (Å²) in [6, 6.07) is 1.69. The van der Waals surface area contributed by atoms with Crippen molar-refractivity contribution in [3.8, 4) is 0 Å². The van der Waals surface area contributed by atoms with E-state index in [1.165, 1.54) is 12.5 Å². The molecule has 1 heterocycles. The van der Waals surface area contributed by atoms with Crippen molar-refractivity contribution in [1.82, 2.24) is 0 Å². The molecule has 0 atom stereocenters. The van der Waals surface area contributed by atoms with Crippen molar-refractivity contribution in [2.45, 2.75) is 0 Å². The third kappa shape index (κ3) is 0.932. The van der Waals surface area contributed by atoms with Gasteiger partial charge in [-0.05, 0) is 0 Å². The Morgan fingerprint density at radius 1 is 1.38 bits per heavy atom. The topological polar surface area (TPSA) is 30.8 Å². The molecular formula is C5H7N2O+. The van der Waals surface area contributed by atoms with Gasteiger partial charge in [-0.15, -0.1) is 4.73 Å². The second-order valence-corrected chi connectivity index (χ2v) is 1.63. The Labute approximate surface area is 47.4 Å². The first kappa shape index (κ1) is 5.03. The monoisotopic (exact) mass is 111 g/mol. The Hall–Kier alpha value is -1.12. The predicted molar refractivity (Wildman–Crippen MR) is 26.6 cm³/mol. The summed E-state index contributed by atoms with van der Waals surface area (Å²) in [6.45, 7) is 0. The molecule has 3 heteroatoms.